The van der Waals surface area contributed by atoms with Crippen molar-refractivity contribution in [1.82, 2.24) is 0 Å². The molecule has 18 heavy (non-hydrogen) atoms. The van der Waals surface area contributed by atoms with Gasteiger partial charge < -0.3 is 10.6 Å². The maximum absolute atomic E-state index is 12.0. The summed E-state index contributed by atoms with van der Waals surface area (Å²) >= 11 is 0. The van der Waals surface area contributed by atoms with Gasteiger partial charge in [0.15, 0.2) is 16.6 Å². The Morgan fingerprint density at radius 2 is 2.17 bits per heavy atom. The van der Waals surface area contributed by atoms with E-state index in [1.165, 1.54) is 12.2 Å². The van der Waals surface area contributed by atoms with E-state index in [-0.39, 0.29) is 30.0 Å². The van der Waals surface area contributed by atoms with Gasteiger partial charge in [-0.05, 0) is 11.6 Å². The molecule has 8 heteroatoms. The molecule has 0 aromatic heterocycles. The number of fused-ring (bicyclic) bond motifs is 1. The molecule has 2 aliphatic carbocycles. The molecule has 2 rings (SSSR count). The zero-order chi connectivity index (χ0) is 13.1. The lowest BCUT2D eigenvalue weighted by molar-refractivity contribution is -0.117. The minimum Gasteiger partial charge on any atom is -0.362 e. The highest BCUT2D eigenvalue weighted by Crippen LogP contribution is 2.27. The molecule has 0 spiro atoms. The van der Waals surface area contributed by atoms with Crippen LogP contribution in [0.15, 0.2) is 38.7 Å². The molecule has 0 heterocycles. The van der Waals surface area contributed by atoms with Crippen molar-refractivity contribution in [2.45, 2.75) is 12.8 Å². The monoisotopic (exact) mass is 242 g/mol. The summed E-state index contributed by atoms with van der Waals surface area (Å²) in [6, 6.07) is 0. The number of hydrogen-bond acceptors (Lipinski definition) is 5. The predicted molar refractivity (Wildman–Crippen MR) is 61.2 cm³/mol. The Kier molecular flexibility index (Phi) is 2.97. The van der Waals surface area contributed by atoms with Gasteiger partial charge in [-0.25, -0.2) is 0 Å². The van der Waals surface area contributed by atoms with E-state index in [0.717, 1.165) is 0 Å². The van der Waals surface area contributed by atoms with Crippen molar-refractivity contribution < 1.29 is 9.59 Å². The van der Waals surface area contributed by atoms with Gasteiger partial charge in [0.05, 0.1) is 5.71 Å². The van der Waals surface area contributed by atoms with Gasteiger partial charge in [-0.1, -0.05) is 6.08 Å². The number of carbonyl (C=O) groups excluding carboxylic acids is 2. The molecular formula is C10H6N6O2. The molecular weight excluding hydrogens is 236 g/mol. The van der Waals surface area contributed by atoms with Crippen LogP contribution in [0.25, 0.3) is 10.6 Å². The molecule has 0 bridgehead atoms. The van der Waals surface area contributed by atoms with Crippen LogP contribution in [0.4, 0.5) is 0 Å². The summed E-state index contributed by atoms with van der Waals surface area (Å²) in [6.07, 6.45) is 3.21. The molecule has 0 fully saturated rings. The van der Waals surface area contributed by atoms with E-state index in [4.69, 9.17) is 10.9 Å². The van der Waals surface area contributed by atoms with E-state index >= 15 is 0 Å². The van der Waals surface area contributed by atoms with Crippen molar-refractivity contribution in [1.29, 1.82) is 5.39 Å². The standard InChI is InChI=1S/C10H6N6O2/c11-15-13-8-4-5-3-6(17)1-2-7(5)10(18)9(8)14-16-12/h2,4H,1,3H2. The van der Waals surface area contributed by atoms with E-state index < -0.39 is 5.78 Å². The van der Waals surface area contributed by atoms with Crippen LogP contribution in [0.2, 0.25) is 0 Å². The Bertz CT molecular complexity index is 617. The summed E-state index contributed by atoms with van der Waals surface area (Å²) in [5.41, 5.74) is 8.95. The normalized spacial score (nSPS) is 23.3. The Morgan fingerprint density at radius 3 is 2.83 bits per heavy atom. The number of Topliss-reactive ketones (excluding diaryl/α,β-unsaturated/α-hetero) is 2. The highest BCUT2D eigenvalue weighted by molar-refractivity contribution is 6.74. The van der Waals surface area contributed by atoms with Crippen LogP contribution >= 0.6 is 0 Å². The van der Waals surface area contributed by atoms with Crippen molar-refractivity contribution in [2.24, 2.45) is 15.4 Å². The molecule has 88 valence electrons. The summed E-state index contributed by atoms with van der Waals surface area (Å²) in [4.78, 5) is 23.3. The lowest BCUT2D eigenvalue weighted by atomic mass is 9.82. The first-order valence-electron chi connectivity index (χ1n) is 4.99. The van der Waals surface area contributed by atoms with E-state index in [2.05, 4.69) is 20.5 Å². The van der Waals surface area contributed by atoms with Crippen LogP contribution in [0.1, 0.15) is 12.8 Å². The maximum Gasteiger partial charge on any atom is 0.339 e. The third-order valence-corrected chi connectivity index (χ3v) is 2.58. The van der Waals surface area contributed by atoms with Crippen molar-refractivity contribution >= 4 is 23.0 Å². The number of allylic oxidation sites excluding steroid dienone is 4. The van der Waals surface area contributed by atoms with Crippen LogP contribution in [0.5, 0.6) is 0 Å². The van der Waals surface area contributed by atoms with Crippen LogP contribution in [0, 0.1) is 5.39 Å². The first-order valence-corrected chi connectivity index (χ1v) is 4.99. The fourth-order valence-electron chi connectivity index (χ4n) is 1.84. The van der Waals surface area contributed by atoms with E-state index in [1.807, 2.05) is 0 Å². The Labute approximate surface area is 101 Å². The highest BCUT2D eigenvalue weighted by Gasteiger charge is 2.31. The van der Waals surface area contributed by atoms with Crippen molar-refractivity contribution in [3.05, 3.63) is 33.9 Å². The molecule has 0 aliphatic heterocycles. The molecule has 2 aliphatic rings. The summed E-state index contributed by atoms with van der Waals surface area (Å²) in [7, 11) is 0. The van der Waals surface area contributed by atoms with Gasteiger partial charge in [-0.15, -0.1) is 0 Å². The number of carbonyl (C=O) groups is 2. The number of ketones is 2. The van der Waals surface area contributed by atoms with Crippen LogP contribution in [0.3, 0.4) is 0 Å². The molecule has 8 nitrogen and oxygen atoms in total. The van der Waals surface area contributed by atoms with Crippen molar-refractivity contribution in [3.8, 4) is 0 Å². The fourth-order valence-corrected chi connectivity index (χ4v) is 1.84. The summed E-state index contributed by atoms with van der Waals surface area (Å²) < 4.78 is 0. The molecule has 0 unspecified atom stereocenters. The largest absolute Gasteiger partial charge is 0.362 e. The zero-order valence-electron chi connectivity index (χ0n) is 9.07. The van der Waals surface area contributed by atoms with E-state index in [9.17, 15) is 9.59 Å². The van der Waals surface area contributed by atoms with Crippen molar-refractivity contribution in [3.63, 3.8) is 0 Å². The predicted octanol–water partition coefficient (Wildman–Crippen LogP) is 1.37. The highest BCUT2D eigenvalue weighted by atomic mass is 16.1. The van der Waals surface area contributed by atoms with Gasteiger partial charge in [0, 0.05) is 18.4 Å². The third kappa shape index (κ3) is 1.89. The minimum absolute atomic E-state index is 0.0229. The lowest BCUT2D eigenvalue weighted by Gasteiger charge is -2.21. The van der Waals surface area contributed by atoms with Gasteiger partial charge in [0.1, 0.15) is 5.78 Å². The van der Waals surface area contributed by atoms with Crippen LogP contribution in [-0.2, 0) is 9.59 Å². The molecule has 0 radical (unpaired) electrons. The van der Waals surface area contributed by atoms with Crippen LogP contribution < -0.4 is 0 Å². The van der Waals surface area contributed by atoms with Gasteiger partial charge in [-0.2, -0.15) is 0 Å². The molecule has 0 saturated carbocycles. The smallest absolute Gasteiger partial charge is 0.339 e. The second-order valence-electron chi connectivity index (χ2n) is 3.65. The molecule has 0 aromatic carbocycles. The summed E-state index contributed by atoms with van der Waals surface area (Å²) in [6.45, 7) is 0. The maximum atomic E-state index is 12.0. The number of diazo groups is 1. The Morgan fingerprint density at radius 1 is 1.39 bits per heavy atom. The van der Waals surface area contributed by atoms with E-state index in [1.54, 1.807) is 0 Å². The SMILES string of the molecule is N#[N+]N=C1C=C2CC(=O)CC=C2C(=O)C1=NN=[N-]. The van der Waals surface area contributed by atoms with Crippen LogP contribution in [-0.4, -0.2) is 23.0 Å². The molecule has 0 atom stereocenters. The van der Waals surface area contributed by atoms with Gasteiger partial charge in [-0.3, -0.25) is 14.8 Å². The number of hydrogen-bond donors (Lipinski definition) is 0. The van der Waals surface area contributed by atoms with Crippen molar-refractivity contribution in [2.75, 3.05) is 0 Å². The second kappa shape index (κ2) is 4.58. The topological polar surface area (TPSA) is 122 Å². The zero-order valence-corrected chi connectivity index (χ0v) is 9.07. The Hall–Kier alpha value is -2.82. The van der Waals surface area contributed by atoms with Gasteiger partial charge in [0.25, 0.3) is 5.39 Å². The minimum atomic E-state index is -0.514. The fraction of sp³-hybridized carbons (Fsp3) is 0.200. The Balaban J connectivity index is 2.60. The van der Waals surface area contributed by atoms with Gasteiger partial charge in [0.2, 0.25) is 0 Å². The molecule has 0 saturated heterocycles. The average Bonchev–Trinajstić information content (AvgIpc) is 2.34. The molecule has 0 aromatic rings. The average molecular weight is 242 g/mol. The van der Waals surface area contributed by atoms with E-state index in [0.29, 0.717) is 11.1 Å². The summed E-state index contributed by atoms with van der Waals surface area (Å²) in [5, 5.41) is 20.1. The number of rotatable bonds is 1. The first kappa shape index (κ1) is 11.7. The first-order chi connectivity index (χ1) is 8.67. The number of nitrogens with zero attached hydrogens (tertiary/aromatic N) is 6. The lowest BCUT2D eigenvalue weighted by Crippen LogP contribution is -2.31. The quantitative estimate of drug-likeness (QED) is 0.392. The molecule has 0 N–H and O–H groups in total. The molecule has 0 amide bonds. The second-order valence-corrected chi connectivity index (χ2v) is 3.65. The third-order valence-electron chi connectivity index (χ3n) is 2.58. The summed E-state index contributed by atoms with van der Waals surface area (Å²) in [5.74, 6) is -0.537. The van der Waals surface area contributed by atoms with Gasteiger partial charge >= 0.3 is 5.08 Å².